The number of pyridine rings is 2. The number of piperidine rings is 1. The Balaban J connectivity index is 1.06. The quantitative estimate of drug-likeness (QED) is 0.344. The van der Waals surface area contributed by atoms with Crippen molar-refractivity contribution in [2.45, 2.75) is 19.8 Å². The van der Waals surface area contributed by atoms with Gasteiger partial charge in [-0.15, -0.1) is 0 Å². The number of likely N-dealkylation sites (tertiary alicyclic amines) is 1. The van der Waals surface area contributed by atoms with Gasteiger partial charge in [0, 0.05) is 43.0 Å². The molecule has 0 saturated carbocycles. The summed E-state index contributed by atoms with van der Waals surface area (Å²) in [6.07, 6.45) is 4.92. The predicted octanol–water partition coefficient (Wildman–Crippen LogP) is 6.02. The number of nitrogens with zero attached hydrogens (tertiary/aromatic N) is 3. The van der Waals surface area contributed by atoms with E-state index in [1.54, 1.807) is 29.4 Å². The fourth-order valence-corrected chi connectivity index (χ4v) is 4.01. The lowest BCUT2D eigenvalue weighted by Crippen LogP contribution is -2.41. The van der Waals surface area contributed by atoms with Crippen LogP contribution in [0.3, 0.4) is 0 Å². The van der Waals surface area contributed by atoms with E-state index in [4.69, 9.17) is 14.2 Å². The average Bonchev–Trinajstić information content (AvgIpc) is 2.90. The van der Waals surface area contributed by atoms with Crippen molar-refractivity contribution in [2.24, 2.45) is 5.92 Å². The maximum atomic E-state index is 12.6. The lowest BCUT2D eigenvalue weighted by Gasteiger charge is -2.31. The van der Waals surface area contributed by atoms with Crippen molar-refractivity contribution in [2.75, 3.05) is 19.7 Å². The first-order valence-electron chi connectivity index (χ1n) is 11.8. The largest absolute Gasteiger partial charge is 0.493 e. The van der Waals surface area contributed by atoms with Crippen LogP contribution in [-0.2, 0) is 0 Å². The summed E-state index contributed by atoms with van der Waals surface area (Å²) in [7, 11) is 0. The van der Waals surface area contributed by atoms with Crippen LogP contribution in [0.2, 0.25) is 0 Å². The highest BCUT2D eigenvalue weighted by molar-refractivity contribution is 5.81. The number of rotatable bonds is 6. The van der Waals surface area contributed by atoms with E-state index >= 15 is 0 Å². The zero-order chi connectivity index (χ0) is 24.0. The molecule has 1 aliphatic rings. The third-order valence-electron chi connectivity index (χ3n) is 6.07. The Morgan fingerprint density at radius 2 is 1.71 bits per heavy atom. The zero-order valence-electron chi connectivity index (χ0n) is 19.6. The normalized spacial score (nSPS) is 14.0. The Morgan fingerprint density at radius 1 is 0.943 bits per heavy atom. The maximum Gasteiger partial charge on any atom is 0.415 e. The Kier molecular flexibility index (Phi) is 6.75. The maximum absolute atomic E-state index is 12.6. The lowest BCUT2D eigenvalue weighted by molar-refractivity contribution is 0.117. The van der Waals surface area contributed by atoms with Crippen LogP contribution < -0.4 is 14.2 Å². The van der Waals surface area contributed by atoms with Crippen molar-refractivity contribution in [3.05, 3.63) is 84.7 Å². The fraction of sp³-hybridized carbons (Fsp3) is 0.250. The molecule has 0 spiro atoms. The second-order valence-electron chi connectivity index (χ2n) is 8.71. The van der Waals surface area contributed by atoms with E-state index in [-0.39, 0.29) is 6.09 Å². The number of aromatic nitrogens is 2. The van der Waals surface area contributed by atoms with Crippen molar-refractivity contribution < 1.29 is 19.0 Å². The van der Waals surface area contributed by atoms with Crippen LogP contribution in [-0.4, -0.2) is 40.7 Å². The Hall–Kier alpha value is -4.13. The average molecular weight is 470 g/mol. The Bertz CT molecular complexity index is 1280. The van der Waals surface area contributed by atoms with E-state index in [9.17, 15) is 4.79 Å². The van der Waals surface area contributed by atoms with E-state index in [0.29, 0.717) is 43.0 Å². The van der Waals surface area contributed by atoms with Gasteiger partial charge in [0.05, 0.1) is 12.1 Å². The molecule has 5 rings (SSSR count). The number of hydrogen-bond acceptors (Lipinski definition) is 6. The molecule has 178 valence electrons. The molecule has 0 aliphatic carbocycles. The van der Waals surface area contributed by atoms with Gasteiger partial charge in [-0.25, -0.2) is 9.78 Å². The summed E-state index contributed by atoms with van der Waals surface area (Å²) in [4.78, 5) is 22.9. The van der Waals surface area contributed by atoms with Gasteiger partial charge >= 0.3 is 6.09 Å². The van der Waals surface area contributed by atoms with Crippen LogP contribution in [0.4, 0.5) is 4.79 Å². The molecule has 1 amide bonds. The summed E-state index contributed by atoms with van der Waals surface area (Å²) in [5.41, 5.74) is 1.89. The van der Waals surface area contributed by atoms with Gasteiger partial charge in [-0.2, -0.15) is 0 Å². The molecule has 2 aromatic heterocycles. The highest BCUT2D eigenvalue weighted by Crippen LogP contribution is 2.25. The molecule has 0 radical (unpaired) electrons. The molecule has 0 atom stereocenters. The van der Waals surface area contributed by atoms with E-state index < -0.39 is 0 Å². The monoisotopic (exact) mass is 469 g/mol. The Morgan fingerprint density at radius 3 is 2.49 bits per heavy atom. The van der Waals surface area contributed by atoms with Crippen LogP contribution in [0.15, 0.2) is 79.1 Å². The van der Waals surface area contributed by atoms with E-state index in [1.165, 1.54) is 0 Å². The second kappa shape index (κ2) is 10.4. The molecule has 2 aromatic carbocycles. The van der Waals surface area contributed by atoms with E-state index in [1.807, 2.05) is 61.5 Å². The summed E-state index contributed by atoms with van der Waals surface area (Å²) < 4.78 is 17.3. The summed E-state index contributed by atoms with van der Waals surface area (Å²) in [6.45, 7) is 3.89. The van der Waals surface area contributed by atoms with Crippen LogP contribution in [0, 0.1) is 12.8 Å². The standard InChI is InChI=1S/C28H27N3O4/c1-20-4-11-27(30-18-20)34-24-9-7-23(8-10-24)33-19-21-12-15-31(16-13-21)28(32)35-25-6-5-22-3-2-14-29-26(22)17-25/h2-11,14,17-18,21H,12-13,15-16,19H2,1H3. The molecule has 0 bridgehead atoms. The molecule has 4 aromatic rings. The molecular weight excluding hydrogens is 442 g/mol. The highest BCUT2D eigenvalue weighted by atomic mass is 16.6. The number of carbonyl (C=O) groups excluding carboxylic acids is 1. The first kappa shape index (κ1) is 22.7. The van der Waals surface area contributed by atoms with Gasteiger partial charge < -0.3 is 19.1 Å². The number of fused-ring (bicyclic) bond motifs is 1. The van der Waals surface area contributed by atoms with Gasteiger partial charge in [-0.1, -0.05) is 12.1 Å². The third-order valence-corrected chi connectivity index (χ3v) is 6.07. The number of aryl methyl sites for hydroxylation is 1. The minimum absolute atomic E-state index is 0.321. The van der Waals surface area contributed by atoms with Crippen LogP contribution in [0.25, 0.3) is 10.9 Å². The first-order valence-corrected chi connectivity index (χ1v) is 11.8. The molecule has 0 N–H and O–H groups in total. The molecule has 35 heavy (non-hydrogen) atoms. The number of carbonyl (C=O) groups is 1. The highest BCUT2D eigenvalue weighted by Gasteiger charge is 2.24. The summed E-state index contributed by atoms with van der Waals surface area (Å²) >= 11 is 0. The van der Waals surface area contributed by atoms with Gasteiger partial charge in [0.1, 0.15) is 17.2 Å². The molecule has 1 aliphatic heterocycles. The Labute approximate surface area is 204 Å². The summed E-state index contributed by atoms with van der Waals surface area (Å²) in [5, 5.41) is 1.01. The third kappa shape index (κ3) is 5.87. The number of amides is 1. The van der Waals surface area contributed by atoms with Gasteiger partial charge in [0.25, 0.3) is 0 Å². The van der Waals surface area contributed by atoms with Gasteiger partial charge in [-0.05, 0) is 73.7 Å². The zero-order valence-corrected chi connectivity index (χ0v) is 19.6. The molecule has 7 heteroatoms. The number of ether oxygens (including phenoxy) is 3. The molecule has 1 fully saturated rings. The summed E-state index contributed by atoms with van der Waals surface area (Å²) in [5.74, 6) is 2.96. The summed E-state index contributed by atoms with van der Waals surface area (Å²) in [6, 6.07) is 20.7. The fourth-order valence-electron chi connectivity index (χ4n) is 4.01. The molecular formula is C28H27N3O4. The number of hydrogen-bond donors (Lipinski definition) is 0. The van der Waals surface area contributed by atoms with Gasteiger partial charge in [0.15, 0.2) is 0 Å². The SMILES string of the molecule is Cc1ccc(Oc2ccc(OCC3CCN(C(=O)Oc4ccc5cccnc5c4)CC3)cc2)nc1. The van der Waals surface area contributed by atoms with Crippen LogP contribution in [0.5, 0.6) is 23.1 Å². The van der Waals surface area contributed by atoms with E-state index in [2.05, 4.69) is 9.97 Å². The van der Waals surface area contributed by atoms with Crippen molar-refractivity contribution >= 4 is 17.0 Å². The van der Waals surface area contributed by atoms with E-state index in [0.717, 1.165) is 35.1 Å². The number of benzene rings is 2. The minimum atomic E-state index is -0.321. The molecule has 1 saturated heterocycles. The first-order chi connectivity index (χ1) is 17.1. The molecule has 3 heterocycles. The topological polar surface area (TPSA) is 73.8 Å². The lowest BCUT2D eigenvalue weighted by atomic mass is 9.98. The van der Waals surface area contributed by atoms with Crippen molar-refractivity contribution in [1.29, 1.82) is 0 Å². The van der Waals surface area contributed by atoms with Crippen LogP contribution in [0.1, 0.15) is 18.4 Å². The smallest absolute Gasteiger partial charge is 0.415 e. The van der Waals surface area contributed by atoms with Crippen molar-refractivity contribution in [1.82, 2.24) is 14.9 Å². The van der Waals surface area contributed by atoms with Gasteiger partial charge in [-0.3, -0.25) is 4.98 Å². The van der Waals surface area contributed by atoms with Crippen molar-refractivity contribution in [3.8, 4) is 23.1 Å². The van der Waals surface area contributed by atoms with Crippen molar-refractivity contribution in [3.63, 3.8) is 0 Å². The van der Waals surface area contributed by atoms with Gasteiger partial charge in [0.2, 0.25) is 5.88 Å². The minimum Gasteiger partial charge on any atom is -0.493 e. The second-order valence-corrected chi connectivity index (χ2v) is 8.71. The van der Waals surface area contributed by atoms with Crippen LogP contribution >= 0.6 is 0 Å². The molecule has 0 unspecified atom stereocenters. The predicted molar refractivity (Wildman–Crippen MR) is 133 cm³/mol. The molecule has 7 nitrogen and oxygen atoms in total.